The van der Waals surface area contributed by atoms with Crippen molar-refractivity contribution in [3.63, 3.8) is 0 Å². The van der Waals surface area contributed by atoms with Gasteiger partial charge in [0.05, 0.1) is 17.9 Å². The molecule has 0 bridgehead atoms. The van der Waals surface area contributed by atoms with E-state index in [4.69, 9.17) is 4.74 Å². The minimum atomic E-state index is -0.840. The predicted octanol–water partition coefficient (Wildman–Crippen LogP) is 3.35. The molecule has 0 spiro atoms. The van der Waals surface area contributed by atoms with Gasteiger partial charge in [-0.3, -0.25) is 14.6 Å². The van der Waals surface area contributed by atoms with Crippen LogP contribution in [0.1, 0.15) is 43.7 Å². The van der Waals surface area contributed by atoms with E-state index in [2.05, 4.69) is 10.3 Å². The van der Waals surface area contributed by atoms with Gasteiger partial charge < -0.3 is 15.2 Å². The summed E-state index contributed by atoms with van der Waals surface area (Å²) >= 11 is 0. The number of ether oxygens (including phenoxy) is 1. The Hall–Kier alpha value is -2.89. The molecule has 1 aliphatic rings. The number of benzene rings is 1. The molecule has 3 rings (SSSR count). The van der Waals surface area contributed by atoms with Gasteiger partial charge in [0.2, 0.25) is 5.91 Å². The molecule has 1 saturated carbocycles. The lowest BCUT2D eigenvalue weighted by Crippen LogP contribution is -2.55. The average molecular weight is 382 g/mol. The first-order valence-corrected chi connectivity index (χ1v) is 9.61. The first kappa shape index (κ1) is 19.9. The maximum Gasteiger partial charge on any atom is 0.308 e. The van der Waals surface area contributed by atoms with E-state index in [1.54, 1.807) is 12.4 Å². The summed E-state index contributed by atoms with van der Waals surface area (Å²) in [4.78, 5) is 28.2. The fourth-order valence-corrected chi connectivity index (χ4v) is 3.82. The zero-order valence-electron chi connectivity index (χ0n) is 16.1. The first-order chi connectivity index (χ1) is 13.5. The number of hydrogen-bond donors (Lipinski definition) is 2. The van der Waals surface area contributed by atoms with Gasteiger partial charge in [0, 0.05) is 18.0 Å². The average Bonchev–Trinajstić information content (AvgIpc) is 2.67. The Bertz CT molecular complexity index is 824. The number of pyridine rings is 1. The molecule has 28 heavy (non-hydrogen) atoms. The van der Waals surface area contributed by atoms with Gasteiger partial charge in [-0.1, -0.05) is 31.0 Å². The normalized spacial score (nSPS) is 21.7. The fourth-order valence-electron chi connectivity index (χ4n) is 3.82. The maximum atomic E-state index is 12.6. The molecular weight excluding hydrogens is 356 g/mol. The lowest BCUT2D eigenvalue weighted by atomic mass is 9.74. The molecule has 1 aliphatic carbocycles. The van der Waals surface area contributed by atoms with Crippen LogP contribution in [0.3, 0.4) is 0 Å². The largest absolute Gasteiger partial charge is 0.489 e. The third kappa shape index (κ3) is 5.09. The van der Waals surface area contributed by atoms with Gasteiger partial charge in [0.15, 0.2) is 0 Å². The van der Waals surface area contributed by atoms with Gasteiger partial charge in [-0.15, -0.1) is 0 Å². The van der Waals surface area contributed by atoms with E-state index < -0.39 is 17.4 Å². The van der Waals surface area contributed by atoms with Crippen LogP contribution in [0.2, 0.25) is 0 Å². The minimum absolute atomic E-state index is 0.167. The van der Waals surface area contributed by atoms with Crippen LogP contribution in [0.25, 0.3) is 0 Å². The van der Waals surface area contributed by atoms with E-state index in [1.165, 1.54) is 0 Å². The molecule has 2 unspecified atom stereocenters. The third-order valence-electron chi connectivity index (χ3n) is 5.32. The number of amides is 1. The summed E-state index contributed by atoms with van der Waals surface area (Å²) < 4.78 is 5.78. The molecule has 0 saturated heterocycles. The van der Waals surface area contributed by atoms with Gasteiger partial charge in [-0.2, -0.15) is 0 Å². The number of hydrogen-bond acceptors (Lipinski definition) is 4. The number of aromatic nitrogens is 1. The number of nitrogens with one attached hydrogen (secondary N) is 1. The molecule has 1 amide bonds. The summed E-state index contributed by atoms with van der Waals surface area (Å²) in [5, 5.41) is 12.5. The van der Waals surface area contributed by atoms with Crippen LogP contribution < -0.4 is 10.1 Å². The van der Waals surface area contributed by atoms with Crippen molar-refractivity contribution in [3.8, 4) is 5.75 Å². The summed E-state index contributed by atoms with van der Waals surface area (Å²) in [5.74, 6) is -0.867. The SMILES string of the molecule is CC1(NC(=O)Cc2cccc(OCc3cccnc3)c2)CCCCC1C(=O)O. The van der Waals surface area contributed by atoms with Crippen molar-refractivity contribution in [2.45, 2.75) is 51.2 Å². The van der Waals surface area contributed by atoms with Gasteiger partial charge in [-0.05, 0) is 43.5 Å². The van der Waals surface area contributed by atoms with Crippen molar-refractivity contribution in [2.24, 2.45) is 5.92 Å². The van der Waals surface area contributed by atoms with Crippen molar-refractivity contribution < 1.29 is 19.4 Å². The maximum absolute atomic E-state index is 12.6. The van der Waals surface area contributed by atoms with Gasteiger partial charge in [0.25, 0.3) is 0 Å². The highest BCUT2D eigenvalue weighted by Gasteiger charge is 2.42. The summed E-state index contributed by atoms with van der Waals surface area (Å²) in [6.07, 6.45) is 6.75. The fraction of sp³-hybridized carbons (Fsp3) is 0.409. The van der Waals surface area contributed by atoms with Crippen LogP contribution in [0, 0.1) is 5.92 Å². The second-order valence-corrected chi connectivity index (χ2v) is 7.58. The summed E-state index contributed by atoms with van der Waals surface area (Å²) in [6, 6.07) is 11.2. The second-order valence-electron chi connectivity index (χ2n) is 7.58. The van der Waals surface area contributed by atoms with Gasteiger partial charge in [0.1, 0.15) is 12.4 Å². The lowest BCUT2D eigenvalue weighted by Gasteiger charge is -2.39. The van der Waals surface area contributed by atoms with Crippen molar-refractivity contribution in [1.82, 2.24) is 10.3 Å². The first-order valence-electron chi connectivity index (χ1n) is 9.61. The number of carbonyl (C=O) groups is 2. The van der Waals surface area contributed by atoms with Crippen LogP contribution in [0.5, 0.6) is 5.75 Å². The van der Waals surface area contributed by atoms with Crippen LogP contribution in [0.4, 0.5) is 0 Å². The molecule has 2 aromatic rings. The number of carbonyl (C=O) groups excluding carboxylic acids is 1. The summed E-state index contributed by atoms with van der Waals surface area (Å²) in [6.45, 7) is 2.25. The molecule has 1 heterocycles. The molecule has 6 nitrogen and oxygen atoms in total. The Morgan fingerprint density at radius 2 is 2.07 bits per heavy atom. The number of nitrogens with zero attached hydrogens (tertiary/aromatic N) is 1. The molecule has 1 fully saturated rings. The Morgan fingerprint density at radius 1 is 1.25 bits per heavy atom. The highest BCUT2D eigenvalue weighted by atomic mass is 16.5. The third-order valence-corrected chi connectivity index (χ3v) is 5.32. The van der Waals surface area contributed by atoms with E-state index in [9.17, 15) is 14.7 Å². The molecule has 6 heteroatoms. The molecule has 148 valence electrons. The molecule has 1 aromatic carbocycles. The molecule has 2 atom stereocenters. The van der Waals surface area contributed by atoms with Crippen molar-refractivity contribution in [3.05, 3.63) is 59.9 Å². The van der Waals surface area contributed by atoms with Crippen LogP contribution >= 0.6 is 0 Å². The van der Waals surface area contributed by atoms with Crippen molar-refractivity contribution in [1.29, 1.82) is 0 Å². The Balaban J connectivity index is 1.60. The molecular formula is C22H26N2O4. The quantitative estimate of drug-likeness (QED) is 0.767. The number of rotatable bonds is 7. The highest BCUT2D eigenvalue weighted by Crippen LogP contribution is 2.34. The lowest BCUT2D eigenvalue weighted by molar-refractivity contribution is -0.146. The topological polar surface area (TPSA) is 88.5 Å². The van der Waals surface area contributed by atoms with E-state index in [-0.39, 0.29) is 12.3 Å². The Kier molecular flexibility index (Phi) is 6.29. The van der Waals surface area contributed by atoms with E-state index in [0.717, 1.165) is 24.0 Å². The Labute approximate surface area is 164 Å². The molecule has 1 aromatic heterocycles. The van der Waals surface area contributed by atoms with Crippen LogP contribution in [-0.4, -0.2) is 27.5 Å². The highest BCUT2D eigenvalue weighted by molar-refractivity contribution is 5.81. The molecule has 0 aliphatic heterocycles. The summed E-state index contributed by atoms with van der Waals surface area (Å²) in [7, 11) is 0. The second kappa shape index (κ2) is 8.87. The molecule has 0 radical (unpaired) electrons. The number of aliphatic carboxylic acids is 1. The Morgan fingerprint density at radius 3 is 2.82 bits per heavy atom. The standard InChI is InChI=1S/C22H26N2O4/c1-22(10-3-2-9-19(22)21(26)27)24-20(25)13-16-6-4-8-18(12-16)28-15-17-7-5-11-23-14-17/h4-8,11-12,14,19H,2-3,9-10,13,15H2,1H3,(H,24,25)(H,26,27). The smallest absolute Gasteiger partial charge is 0.308 e. The monoisotopic (exact) mass is 382 g/mol. The predicted molar refractivity (Wildman–Crippen MR) is 105 cm³/mol. The molecule has 2 N–H and O–H groups in total. The zero-order chi connectivity index (χ0) is 20.0. The summed E-state index contributed by atoms with van der Waals surface area (Å²) in [5.41, 5.74) is 1.10. The van der Waals surface area contributed by atoms with E-state index >= 15 is 0 Å². The van der Waals surface area contributed by atoms with Crippen molar-refractivity contribution >= 4 is 11.9 Å². The zero-order valence-corrected chi connectivity index (χ0v) is 16.1. The number of carboxylic acid groups (broad SMARTS) is 1. The number of carboxylic acids is 1. The van der Waals surface area contributed by atoms with Gasteiger partial charge in [-0.25, -0.2) is 0 Å². The van der Waals surface area contributed by atoms with E-state index in [0.29, 0.717) is 25.2 Å². The van der Waals surface area contributed by atoms with Crippen LogP contribution in [-0.2, 0) is 22.6 Å². The van der Waals surface area contributed by atoms with Crippen molar-refractivity contribution in [2.75, 3.05) is 0 Å². The van der Waals surface area contributed by atoms with Gasteiger partial charge >= 0.3 is 5.97 Å². The van der Waals surface area contributed by atoms with E-state index in [1.807, 2.05) is 43.3 Å². The van der Waals surface area contributed by atoms with Crippen LogP contribution in [0.15, 0.2) is 48.8 Å². The minimum Gasteiger partial charge on any atom is -0.489 e.